The first-order valence-corrected chi connectivity index (χ1v) is 3.98. The zero-order valence-corrected chi connectivity index (χ0v) is 7.36. The first-order chi connectivity index (χ1) is 5.79. The molecule has 0 aliphatic carbocycles. The summed E-state index contributed by atoms with van der Waals surface area (Å²) in [4.78, 5) is 3.95. The number of hydrogen-bond donors (Lipinski definition) is 1. The van der Waals surface area contributed by atoms with Gasteiger partial charge in [-0.05, 0) is 18.1 Å². The minimum Gasteiger partial charge on any atom is -0.277 e. The second kappa shape index (κ2) is 4.49. The third kappa shape index (κ3) is 3.14. The van der Waals surface area contributed by atoms with Gasteiger partial charge in [-0.3, -0.25) is 10.4 Å². The monoisotopic (exact) mass is 163 g/mol. The fourth-order valence-electron chi connectivity index (χ4n) is 0.690. The first-order valence-electron chi connectivity index (χ1n) is 3.98. The van der Waals surface area contributed by atoms with E-state index < -0.39 is 0 Å². The number of pyridine rings is 1. The van der Waals surface area contributed by atoms with Gasteiger partial charge in [0.2, 0.25) is 0 Å². The van der Waals surface area contributed by atoms with Gasteiger partial charge in [-0.1, -0.05) is 13.8 Å². The molecule has 0 fully saturated rings. The number of anilines is 1. The fraction of sp³-hybridized carbons (Fsp3) is 0.333. The van der Waals surface area contributed by atoms with Gasteiger partial charge < -0.3 is 0 Å². The van der Waals surface area contributed by atoms with Crippen LogP contribution in [0.5, 0.6) is 0 Å². The number of hydrogen-bond acceptors (Lipinski definition) is 3. The van der Waals surface area contributed by atoms with E-state index in [1.165, 1.54) is 0 Å². The van der Waals surface area contributed by atoms with Crippen molar-refractivity contribution < 1.29 is 0 Å². The van der Waals surface area contributed by atoms with Gasteiger partial charge in [0.25, 0.3) is 0 Å². The van der Waals surface area contributed by atoms with Crippen LogP contribution in [0.25, 0.3) is 0 Å². The van der Waals surface area contributed by atoms with E-state index in [4.69, 9.17) is 0 Å². The molecule has 12 heavy (non-hydrogen) atoms. The molecule has 0 amide bonds. The molecular weight excluding hydrogens is 150 g/mol. The maximum Gasteiger partial charge on any atom is 0.0744 e. The largest absolute Gasteiger partial charge is 0.277 e. The van der Waals surface area contributed by atoms with Gasteiger partial charge in [0.15, 0.2) is 0 Å². The molecular formula is C9H13N3. The predicted octanol–water partition coefficient (Wildman–Crippen LogP) is 2.14. The van der Waals surface area contributed by atoms with Gasteiger partial charge in [0.05, 0.1) is 11.9 Å². The lowest BCUT2D eigenvalue weighted by molar-refractivity contribution is 0.904. The van der Waals surface area contributed by atoms with Crippen molar-refractivity contribution in [3.8, 4) is 0 Å². The molecule has 0 aliphatic rings. The van der Waals surface area contributed by atoms with Gasteiger partial charge >= 0.3 is 0 Å². The Balaban J connectivity index is 2.43. The average Bonchev–Trinajstić information content (AvgIpc) is 2.05. The summed E-state index contributed by atoms with van der Waals surface area (Å²) in [7, 11) is 0. The lowest BCUT2D eigenvalue weighted by Crippen LogP contribution is -1.93. The Morgan fingerprint density at radius 1 is 1.58 bits per heavy atom. The summed E-state index contributed by atoms with van der Waals surface area (Å²) >= 11 is 0. The van der Waals surface area contributed by atoms with Crippen LogP contribution in [0.15, 0.2) is 29.6 Å². The molecule has 0 saturated heterocycles. The minimum absolute atomic E-state index is 0.467. The summed E-state index contributed by atoms with van der Waals surface area (Å²) in [5, 5.41) is 4.03. The average molecular weight is 163 g/mol. The molecule has 0 aromatic carbocycles. The maximum absolute atomic E-state index is 4.03. The lowest BCUT2D eigenvalue weighted by Gasteiger charge is -1.98. The quantitative estimate of drug-likeness (QED) is 0.547. The second-order valence-electron chi connectivity index (χ2n) is 2.88. The second-order valence-corrected chi connectivity index (χ2v) is 2.88. The standard InChI is InChI=1S/C9H13N3/c1-8(2)6-11-12-9-4-3-5-10-7-9/h3-8,12H,1-2H3/b11-6+. The van der Waals surface area contributed by atoms with E-state index in [-0.39, 0.29) is 0 Å². The van der Waals surface area contributed by atoms with Gasteiger partial charge in [0, 0.05) is 12.4 Å². The van der Waals surface area contributed by atoms with Crippen molar-refractivity contribution in [2.24, 2.45) is 11.0 Å². The smallest absolute Gasteiger partial charge is 0.0744 e. The third-order valence-electron chi connectivity index (χ3n) is 1.23. The molecule has 1 N–H and O–H groups in total. The first kappa shape index (κ1) is 8.71. The molecule has 0 bridgehead atoms. The van der Waals surface area contributed by atoms with Crippen LogP contribution in [-0.2, 0) is 0 Å². The molecule has 1 heterocycles. The van der Waals surface area contributed by atoms with Crippen molar-refractivity contribution in [1.29, 1.82) is 0 Å². The highest BCUT2D eigenvalue weighted by atomic mass is 15.3. The van der Waals surface area contributed by atoms with E-state index in [1.54, 1.807) is 12.4 Å². The summed E-state index contributed by atoms with van der Waals surface area (Å²) in [5.74, 6) is 0.467. The predicted molar refractivity (Wildman–Crippen MR) is 51.2 cm³/mol. The molecule has 0 unspecified atom stereocenters. The van der Waals surface area contributed by atoms with Gasteiger partial charge in [-0.25, -0.2) is 0 Å². The highest BCUT2D eigenvalue weighted by molar-refractivity contribution is 5.61. The van der Waals surface area contributed by atoms with Crippen molar-refractivity contribution in [1.82, 2.24) is 4.98 Å². The summed E-state index contributed by atoms with van der Waals surface area (Å²) in [5.41, 5.74) is 3.79. The van der Waals surface area contributed by atoms with Crippen LogP contribution < -0.4 is 5.43 Å². The Labute approximate surface area is 72.5 Å². The summed E-state index contributed by atoms with van der Waals surface area (Å²) < 4.78 is 0. The van der Waals surface area contributed by atoms with Crippen LogP contribution in [-0.4, -0.2) is 11.2 Å². The van der Waals surface area contributed by atoms with Crippen LogP contribution in [0.1, 0.15) is 13.8 Å². The maximum atomic E-state index is 4.03. The number of nitrogens with one attached hydrogen (secondary N) is 1. The Kier molecular flexibility index (Phi) is 3.26. The van der Waals surface area contributed by atoms with E-state index in [2.05, 4.69) is 29.4 Å². The molecule has 0 aliphatic heterocycles. The Bertz CT molecular complexity index is 241. The summed E-state index contributed by atoms with van der Waals surface area (Å²) in [6, 6.07) is 3.79. The van der Waals surface area contributed by atoms with Crippen molar-refractivity contribution in [2.75, 3.05) is 5.43 Å². The number of rotatable bonds is 3. The highest BCUT2D eigenvalue weighted by Gasteiger charge is 1.86. The van der Waals surface area contributed by atoms with Crippen LogP contribution in [0.3, 0.4) is 0 Å². The van der Waals surface area contributed by atoms with E-state index >= 15 is 0 Å². The Morgan fingerprint density at radius 2 is 2.42 bits per heavy atom. The topological polar surface area (TPSA) is 37.3 Å². The van der Waals surface area contributed by atoms with Crippen LogP contribution in [0.2, 0.25) is 0 Å². The molecule has 1 aromatic rings. The molecule has 3 heteroatoms. The Hall–Kier alpha value is -1.38. The molecule has 1 aromatic heterocycles. The third-order valence-corrected chi connectivity index (χ3v) is 1.23. The van der Waals surface area contributed by atoms with Crippen LogP contribution >= 0.6 is 0 Å². The normalized spacial score (nSPS) is 10.9. The van der Waals surface area contributed by atoms with Gasteiger partial charge in [-0.15, -0.1) is 0 Å². The number of aromatic nitrogens is 1. The summed E-state index contributed by atoms with van der Waals surface area (Å²) in [6.07, 6.45) is 5.32. The lowest BCUT2D eigenvalue weighted by atomic mass is 10.3. The van der Waals surface area contributed by atoms with E-state index in [1.807, 2.05) is 18.3 Å². The van der Waals surface area contributed by atoms with Gasteiger partial charge in [-0.2, -0.15) is 5.10 Å². The van der Waals surface area contributed by atoms with Crippen molar-refractivity contribution >= 4 is 11.9 Å². The van der Waals surface area contributed by atoms with E-state index in [0.29, 0.717) is 5.92 Å². The Morgan fingerprint density at radius 3 is 3.00 bits per heavy atom. The molecule has 0 saturated carbocycles. The van der Waals surface area contributed by atoms with Crippen molar-refractivity contribution in [2.45, 2.75) is 13.8 Å². The molecule has 3 nitrogen and oxygen atoms in total. The van der Waals surface area contributed by atoms with Gasteiger partial charge in [0.1, 0.15) is 0 Å². The van der Waals surface area contributed by atoms with E-state index in [0.717, 1.165) is 5.69 Å². The van der Waals surface area contributed by atoms with Crippen LogP contribution in [0.4, 0.5) is 5.69 Å². The SMILES string of the molecule is CC(C)/C=N/Nc1cccnc1. The zero-order valence-electron chi connectivity index (χ0n) is 7.36. The van der Waals surface area contributed by atoms with Crippen LogP contribution in [0, 0.1) is 5.92 Å². The minimum atomic E-state index is 0.467. The van der Waals surface area contributed by atoms with Crippen molar-refractivity contribution in [3.05, 3.63) is 24.5 Å². The van der Waals surface area contributed by atoms with E-state index in [9.17, 15) is 0 Å². The number of nitrogens with zero attached hydrogens (tertiary/aromatic N) is 2. The number of hydrazone groups is 1. The molecule has 1 rings (SSSR count). The molecule has 0 atom stereocenters. The molecule has 0 spiro atoms. The highest BCUT2D eigenvalue weighted by Crippen LogP contribution is 2.01. The zero-order chi connectivity index (χ0) is 8.81. The molecule has 64 valence electrons. The summed E-state index contributed by atoms with van der Waals surface area (Å²) in [6.45, 7) is 4.16. The van der Waals surface area contributed by atoms with Crippen molar-refractivity contribution in [3.63, 3.8) is 0 Å². The fourth-order valence-corrected chi connectivity index (χ4v) is 0.690. The molecule has 0 radical (unpaired) electrons.